The largest absolute Gasteiger partial charge is 0.460 e. The number of nitrogens with zero attached hydrogens (tertiary/aromatic N) is 1. The van der Waals surface area contributed by atoms with Gasteiger partial charge in [-0.15, -0.1) is 0 Å². The lowest BCUT2D eigenvalue weighted by molar-refractivity contribution is 0.0849. The van der Waals surface area contributed by atoms with Crippen LogP contribution in [-0.4, -0.2) is 24.0 Å². The topological polar surface area (TPSA) is 42.4 Å². The molecule has 0 saturated carbocycles. The van der Waals surface area contributed by atoms with Gasteiger partial charge in [0, 0.05) is 24.5 Å². The molecule has 0 aliphatic carbocycles. The zero-order valence-electron chi connectivity index (χ0n) is 13.6. The van der Waals surface area contributed by atoms with Crippen LogP contribution in [0, 0.1) is 19.3 Å². The van der Waals surface area contributed by atoms with Crippen molar-refractivity contribution in [2.45, 2.75) is 46.7 Å². The van der Waals surface area contributed by atoms with Gasteiger partial charge in [0.1, 0.15) is 11.3 Å². The zero-order chi connectivity index (χ0) is 15.2. The molecule has 1 aliphatic rings. The molecule has 3 nitrogen and oxygen atoms in total. The van der Waals surface area contributed by atoms with Crippen LogP contribution in [0.2, 0.25) is 0 Å². The number of fused-ring (bicyclic) bond motifs is 1. The molecular formula is C18H26N2O. The highest BCUT2D eigenvalue weighted by Crippen LogP contribution is 2.30. The Morgan fingerprint density at radius 2 is 1.95 bits per heavy atom. The van der Waals surface area contributed by atoms with E-state index in [1.54, 1.807) is 0 Å². The van der Waals surface area contributed by atoms with E-state index in [0.717, 1.165) is 37.4 Å². The number of hydrogen-bond acceptors (Lipinski definition) is 3. The first kappa shape index (κ1) is 14.6. The van der Waals surface area contributed by atoms with Crippen LogP contribution in [0.4, 0.5) is 0 Å². The number of aryl methyl sites for hydroxylation is 2. The van der Waals surface area contributed by atoms with Crippen LogP contribution in [0.15, 0.2) is 22.6 Å². The second-order valence-corrected chi connectivity index (χ2v) is 7.28. The molecule has 1 atom stereocenters. The summed E-state index contributed by atoms with van der Waals surface area (Å²) in [5, 5.41) is 1.21. The summed E-state index contributed by atoms with van der Waals surface area (Å²) in [6, 6.07) is 6.84. The molecule has 0 spiro atoms. The van der Waals surface area contributed by atoms with Gasteiger partial charge in [-0.3, -0.25) is 4.90 Å². The van der Waals surface area contributed by atoms with Gasteiger partial charge in [-0.1, -0.05) is 13.8 Å². The van der Waals surface area contributed by atoms with Gasteiger partial charge in [-0.05, 0) is 55.0 Å². The van der Waals surface area contributed by atoms with Crippen molar-refractivity contribution in [1.82, 2.24) is 4.90 Å². The Kier molecular flexibility index (Phi) is 3.58. The van der Waals surface area contributed by atoms with Crippen LogP contribution in [0.5, 0.6) is 0 Å². The third-order valence-electron chi connectivity index (χ3n) is 4.95. The van der Waals surface area contributed by atoms with Crippen LogP contribution in [0.1, 0.15) is 37.2 Å². The summed E-state index contributed by atoms with van der Waals surface area (Å²) in [6.07, 6.45) is 1.06. The van der Waals surface area contributed by atoms with Gasteiger partial charge in [-0.2, -0.15) is 0 Å². The third kappa shape index (κ3) is 2.85. The molecule has 3 rings (SSSR count). The Balaban J connectivity index is 1.79. The fourth-order valence-electron chi connectivity index (χ4n) is 3.28. The van der Waals surface area contributed by atoms with Gasteiger partial charge in [0.25, 0.3) is 0 Å². The fourth-order valence-corrected chi connectivity index (χ4v) is 3.28. The maximum Gasteiger partial charge on any atom is 0.134 e. The number of hydrogen-bond donors (Lipinski definition) is 1. The summed E-state index contributed by atoms with van der Waals surface area (Å²) in [5.41, 5.74) is 10.00. The van der Waals surface area contributed by atoms with E-state index < -0.39 is 0 Å². The van der Waals surface area contributed by atoms with Gasteiger partial charge in [0.15, 0.2) is 0 Å². The van der Waals surface area contributed by atoms with Crippen molar-refractivity contribution in [3.8, 4) is 0 Å². The van der Waals surface area contributed by atoms with E-state index in [2.05, 4.69) is 50.8 Å². The lowest BCUT2D eigenvalue weighted by Gasteiger charge is -2.42. The monoisotopic (exact) mass is 286 g/mol. The highest BCUT2D eigenvalue weighted by Gasteiger charge is 2.33. The molecule has 114 valence electrons. The zero-order valence-corrected chi connectivity index (χ0v) is 13.6. The fraction of sp³-hybridized carbons (Fsp3) is 0.556. The van der Waals surface area contributed by atoms with E-state index in [9.17, 15) is 0 Å². The molecule has 21 heavy (non-hydrogen) atoms. The minimum atomic E-state index is 0.178. The molecule has 3 heteroatoms. The van der Waals surface area contributed by atoms with Crippen molar-refractivity contribution in [3.05, 3.63) is 35.1 Å². The smallest absolute Gasteiger partial charge is 0.134 e. The molecule has 2 aromatic rings. The number of furan rings is 1. The Hall–Kier alpha value is -1.32. The molecule has 2 heterocycles. The second kappa shape index (κ2) is 5.15. The van der Waals surface area contributed by atoms with E-state index in [-0.39, 0.29) is 5.41 Å². The van der Waals surface area contributed by atoms with Crippen molar-refractivity contribution in [3.63, 3.8) is 0 Å². The Labute approximate surface area is 127 Å². The Bertz CT molecular complexity index is 618. The van der Waals surface area contributed by atoms with Gasteiger partial charge < -0.3 is 10.2 Å². The predicted molar refractivity (Wildman–Crippen MR) is 87.3 cm³/mol. The molecule has 1 unspecified atom stereocenters. The predicted octanol–water partition coefficient (Wildman–Crippen LogP) is 3.61. The number of likely N-dealkylation sites (tertiary alicyclic amines) is 1. The maximum absolute atomic E-state index is 6.21. The third-order valence-corrected chi connectivity index (χ3v) is 4.95. The molecular weight excluding hydrogens is 260 g/mol. The van der Waals surface area contributed by atoms with Crippen LogP contribution < -0.4 is 5.73 Å². The van der Waals surface area contributed by atoms with Crippen LogP contribution >= 0.6 is 0 Å². The van der Waals surface area contributed by atoms with E-state index in [4.69, 9.17) is 10.2 Å². The van der Waals surface area contributed by atoms with Crippen molar-refractivity contribution >= 4 is 11.0 Å². The summed E-state index contributed by atoms with van der Waals surface area (Å²) in [6.45, 7) is 11.8. The van der Waals surface area contributed by atoms with Gasteiger partial charge in [0.05, 0.1) is 6.54 Å². The molecule has 0 amide bonds. The SMILES string of the molecule is Cc1cc2cc(CN3CCC(N)C(C)(C)C3)oc2cc1C. The number of benzene rings is 1. The lowest BCUT2D eigenvalue weighted by Crippen LogP contribution is -2.51. The average Bonchev–Trinajstić information content (AvgIpc) is 2.75. The van der Waals surface area contributed by atoms with Gasteiger partial charge >= 0.3 is 0 Å². The molecule has 1 fully saturated rings. The van der Waals surface area contributed by atoms with Crippen LogP contribution in [-0.2, 0) is 6.54 Å². The van der Waals surface area contributed by atoms with Crippen molar-refractivity contribution in [2.75, 3.05) is 13.1 Å². The summed E-state index contributed by atoms with van der Waals surface area (Å²) in [5.74, 6) is 1.06. The highest BCUT2D eigenvalue weighted by molar-refractivity contribution is 5.79. The Morgan fingerprint density at radius 1 is 1.24 bits per heavy atom. The first-order valence-electron chi connectivity index (χ1n) is 7.83. The van der Waals surface area contributed by atoms with E-state index in [1.807, 2.05) is 0 Å². The minimum Gasteiger partial charge on any atom is -0.460 e. The van der Waals surface area contributed by atoms with Crippen molar-refractivity contribution in [1.29, 1.82) is 0 Å². The standard InChI is InChI=1S/C18H26N2O/c1-12-7-14-9-15(21-16(14)8-13(12)2)10-20-6-5-17(19)18(3,4)11-20/h7-9,17H,5-6,10-11,19H2,1-4H3. The number of piperidine rings is 1. The quantitative estimate of drug-likeness (QED) is 0.917. The summed E-state index contributed by atoms with van der Waals surface area (Å²) in [4.78, 5) is 2.46. The van der Waals surface area contributed by atoms with Crippen molar-refractivity contribution in [2.24, 2.45) is 11.1 Å². The maximum atomic E-state index is 6.21. The number of rotatable bonds is 2. The summed E-state index contributed by atoms with van der Waals surface area (Å²) >= 11 is 0. The molecule has 0 radical (unpaired) electrons. The molecule has 1 aromatic heterocycles. The van der Waals surface area contributed by atoms with E-state index in [1.165, 1.54) is 16.5 Å². The second-order valence-electron chi connectivity index (χ2n) is 7.28. The normalized spacial score (nSPS) is 22.8. The average molecular weight is 286 g/mol. The minimum absolute atomic E-state index is 0.178. The molecule has 0 bridgehead atoms. The lowest BCUT2D eigenvalue weighted by atomic mass is 9.80. The summed E-state index contributed by atoms with van der Waals surface area (Å²) in [7, 11) is 0. The highest BCUT2D eigenvalue weighted by atomic mass is 16.3. The first-order chi connectivity index (χ1) is 9.85. The molecule has 1 aromatic carbocycles. The van der Waals surface area contributed by atoms with Gasteiger partial charge in [-0.25, -0.2) is 0 Å². The van der Waals surface area contributed by atoms with E-state index >= 15 is 0 Å². The van der Waals surface area contributed by atoms with Crippen LogP contribution in [0.25, 0.3) is 11.0 Å². The van der Waals surface area contributed by atoms with Gasteiger partial charge in [0.2, 0.25) is 0 Å². The first-order valence-corrected chi connectivity index (χ1v) is 7.83. The molecule has 2 N–H and O–H groups in total. The Morgan fingerprint density at radius 3 is 2.67 bits per heavy atom. The van der Waals surface area contributed by atoms with Crippen LogP contribution in [0.3, 0.4) is 0 Å². The number of nitrogens with two attached hydrogens (primary N) is 1. The molecule has 1 saturated heterocycles. The summed E-state index contributed by atoms with van der Waals surface area (Å²) < 4.78 is 6.03. The van der Waals surface area contributed by atoms with E-state index in [0.29, 0.717) is 6.04 Å². The van der Waals surface area contributed by atoms with Crippen molar-refractivity contribution < 1.29 is 4.42 Å². The molecule has 1 aliphatic heterocycles.